The minimum absolute atomic E-state index is 0.915. The van der Waals surface area contributed by atoms with Crippen molar-refractivity contribution >= 4 is 30.2 Å². The highest BCUT2D eigenvalue weighted by atomic mass is 32.2. The molecule has 0 bridgehead atoms. The Balaban J connectivity index is 0.720. The molecule has 4 aliphatic heterocycles. The molecule has 18 atom stereocenters. The van der Waals surface area contributed by atoms with Crippen LogP contribution in [-0.2, 0) is 0 Å². The molecule has 0 radical (unpaired) electrons. The predicted octanol–water partition coefficient (Wildman–Crippen LogP) is 19.7. The van der Waals surface area contributed by atoms with Crippen LogP contribution in [0.2, 0.25) is 17.5 Å². The Labute approximate surface area is 483 Å². The Morgan fingerprint density at radius 3 is 1.06 bits per heavy atom. The van der Waals surface area contributed by atoms with Gasteiger partial charge in [0, 0.05) is 57.3 Å². The summed E-state index contributed by atoms with van der Waals surface area (Å²) in [4.78, 5) is 7.04. The van der Waals surface area contributed by atoms with Crippen LogP contribution in [0.1, 0.15) is 289 Å². The Kier molecular flexibility index (Phi) is 16.0. The van der Waals surface area contributed by atoms with Crippen molar-refractivity contribution in [1.29, 1.82) is 0 Å². The highest BCUT2D eigenvalue weighted by Crippen LogP contribution is 2.67. The molecule has 12 aliphatic carbocycles. The predicted molar refractivity (Wildman–Crippen MR) is 330 cm³/mol. The third-order valence-electron chi connectivity index (χ3n) is 30.3. The Morgan fingerprint density at radius 2 is 0.623 bits per heavy atom. The van der Waals surface area contributed by atoms with Crippen molar-refractivity contribution in [3.8, 4) is 0 Å². The minimum atomic E-state index is 0.915. The summed E-state index contributed by atoms with van der Waals surface area (Å²) in [5, 5.41) is 4.03. The second kappa shape index (κ2) is 23.2. The van der Waals surface area contributed by atoms with Crippen LogP contribution in [0.5, 0.6) is 0 Å². The fourth-order valence-electron chi connectivity index (χ4n) is 27.6. The molecular weight excluding hydrogens is 968 g/mol. The van der Waals surface area contributed by atoms with Crippen LogP contribution < -0.4 is 0 Å². The van der Waals surface area contributed by atoms with Gasteiger partial charge in [-0.3, -0.25) is 9.80 Å². The van der Waals surface area contributed by atoms with Crippen molar-refractivity contribution in [2.75, 3.05) is 0 Å². The van der Waals surface area contributed by atoms with E-state index in [1.807, 2.05) is 0 Å². The van der Waals surface area contributed by atoms with E-state index in [9.17, 15) is 0 Å². The van der Waals surface area contributed by atoms with Crippen LogP contribution in [0.4, 0.5) is 0 Å². The average Bonchev–Trinajstić information content (AvgIpc) is 4.36. The second-order valence-electron chi connectivity index (χ2n) is 32.9. The van der Waals surface area contributed by atoms with Gasteiger partial charge in [-0.15, -0.1) is 0 Å². The molecular formula is C72H117BN2S2. The Hall–Kier alpha value is 0.685. The fourth-order valence-corrected chi connectivity index (χ4v) is 32.2. The zero-order valence-electron chi connectivity index (χ0n) is 49.7. The van der Waals surface area contributed by atoms with Crippen molar-refractivity contribution in [2.24, 2.45) is 82.9 Å². The summed E-state index contributed by atoms with van der Waals surface area (Å²) in [6.07, 6.45) is 71.4. The van der Waals surface area contributed by atoms with Gasteiger partial charge in [0.25, 0.3) is 0 Å². The van der Waals surface area contributed by atoms with Gasteiger partial charge in [0.2, 0.25) is 0 Å². The summed E-state index contributed by atoms with van der Waals surface area (Å²) in [6.45, 7) is 1.05. The van der Waals surface area contributed by atoms with E-state index < -0.39 is 0 Å². The Bertz CT molecular complexity index is 1820. The molecule has 0 aromatic carbocycles. The van der Waals surface area contributed by atoms with Crippen molar-refractivity contribution in [3.05, 3.63) is 0 Å². The lowest BCUT2D eigenvalue weighted by molar-refractivity contribution is 0.0378. The normalized spacial score (nSPS) is 52.1. The monoisotopic (exact) mass is 1080 g/mol. The lowest BCUT2D eigenvalue weighted by atomic mass is 9.20. The number of hydrogen-bond acceptors (Lipinski definition) is 4. The molecule has 0 amide bonds. The largest absolute Gasteiger partial charge is 0.293 e. The summed E-state index contributed by atoms with van der Waals surface area (Å²) in [5.41, 5.74) is 0. The van der Waals surface area contributed by atoms with Gasteiger partial charge >= 0.3 is 0 Å². The van der Waals surface area contributed by atoms with Gasteiger partial charge < -0.3 is 0 Å². The maximum absolute atomic E-state index is 3.52. The van der Waals surface area contributed by atoms with Crippen molar-refractivity contribution in [2.45, 2.75) is 364 Å². The number of likely N-dealkylation sites (tertiary alicyclic amines) is 2. The number of hydrogen-bond donors (Lipinski definition) is 0. The van der Waals surface area contributed by atoms with E-state index in [4.69, 9.17) is 0 Å². The topological polar surface area (TPSA) is 6.48 Å². The highest BCUT2D eigenvalue weighted by Gasteiger charge is 2.64. The second-order valence-corrected chi connectivity index (χ2v) is 35.8. The molecule has 16 fully saturated rings. The zero-order valence-corrected chi connectivity index (χ0v) is 51.3. The molecule has 5 heteroatoms. The molecule has 16 rings (SSSR count). The molecule has 16 aliphatic rings. The van der Waals surface area contributed by atoms with Crippen LogP contribution in [0.3, 0.4) is 0 Å². The van der Waals surface area contributed by atoms with E-state index in [-0.39, 0.29) is 0 Å². The summed E-state index contributed by atoms with van der Waals surface area (Å²) < 4.78 is 0. The molecule has 0 aromatic heterocycles. The van der Waals surface area contributed by atoms with Crippen LogP contribution in [0, 0.1) is 82.9 Å². The first-order valence-electron chi connectivity index (χ1n) is 37.1. The van der Waals surface area contributed by atoms with Crippen LogP contribution in [-0.4, -0.2) is 73.8 Å². The van der Waals surface area contributed by atoms with Crippen molar-refractivity contribution in [3.63, 3.8) is 0 Å². The van der Waals surface area contributed by atoms with E-state index in [1.54, 1.807) is 276 Å². The van der Waals surface area contributed by atoms with Gasteiger partial charge in [-0.1, -0.05) is 191 Å². The van der Waals surface area contributed by atoms with Crippen LogP contribution in [0.15, 0.2) is 0 Å². The summed E-state index contributed by atoms with van der Waals surface area (Å²) in [5.74, 6) is 18.0. The molecule has 0 aromatic rings. The molecule has 12 saturated carbocycles. The molecule has 0 N–H and O–H groups in total. The minimum Gasteiger partial charge on any atom is -0.293 e. The number of thioether (sulfide) groups is 2. The maximum Gasteiger partial charge on any atom is 0.150 e. The standard InChI is InChI=1S/C72H117BN2S2/c1-4-18-46(19-5-1)49-44-62(47-20-6-2-7-21-47)68(63(45-49)48-22-8-3-9-23-48)73(50-32-36-52(37-33-50)74-64-28-14-10-24-54(64)58-40-42-60-56-26-12-16-30-66(56)76-71(60)69(58)74)51-34-38-53(39-35-51)75-65-29-15-11-25-55(65)59-41-43-61-57-27-13-17-31-67(57)77-72(61)70(59)75/h46-72H,1-45H2. The summed E-state index contributed by atoms with van der Waals surface area (Å²) >= 11 is 5.27. The van der Waals surface area contributed by atoms with Crippen molar-refractivity contribution < 1.29 is 0 Å². The lowest BCUT2D eigenvalue weighted by Gasteiger charge is -2.57. The average molecular weight is 1090 g/mol. The molecule has 430 valence electrons. The molecule has 77 heavy (non-hydrogen) atoms. The van der Waals surface area contributed by atoms with Gasteiger partial charge in [0.1, 0.15) is 6.71 Å². The zero-order chi connectivity index (χ0) is 50.6. The lowest BCUT2D eigenvalue weighted by Crippen LogP contribution is -2.55. The molecule has 18 unspecified atom stereocenters. The van der Waals surface area contributed by atoms with Gasteiger partial charge in [0.15, 0.2) is 0 Å². The first-order valence-corrected chi connectivity index (χ1v) is 39.0. The smallest absolute Gasteiger partial charge is 0.150 e. The maximum atomic E-state index is 3.52. The van der Waals surface area contributed by atoms with E-state index in [2.05, 4.69) is 33.3 Å². The molecule has 0 spiro atoms. The molecule has 4 heterocycles. The fraction of sp³-hybridized carbons (Fsp3) is 1.00. The first-order chi connectivity index (χ1) is 38.2. The molecule has 2 nitrogen and oxygen atoms in total. The SMILES string of the molecule is C1CCC(C2CC(C3CCCCC3)C(B(C3CCC(N4C5CCCCC5C5CCC6C7CCCCC7SC6C54)CC3)C3CCC(N4C5CCCCC5C5CCC6C7CCCCC7SC6C54)CC3)C(C3CCCCC3)C2)CC1. The first kappa shape index (κ1) is 53.2. The third-order valence-corrected chi connectivity index (χ3v) is 34.0. The van der Waals surface area contributed by atoms with Gasteiger partial charge in [-0.2, -0.15) is 23.5 Å². The van der Waals surface area contributed by atoms with E-state index in [0.29, 0.717) is 0 Å². The van der Waals surface area contributed by atoms with E-state index >= 15 is 0 Å². The summed E-state index contributed by atoms with van der Waals surface area (Å²) in [6, 6.07) is 5.64. The van der Waals surface area contributed by atoms with E-state index in [0.717, 1.165) is 164 Å². The van der Waals surface area contributed by atoms with Crippen molar-refractivity contribution in [1.82, 2.24) is 9.80 Å². The number of nitrogens with zero attached hydrogens (tertiary/aromatic N) is 2. The number of fused-ring (bicyclic) bond motifs is 14. The van der Waals surface area contributed by atoms with Crippen LogP contribution in [0.25, 0.3) is 0 Å². The highest BCUT2D eigenvalue weighted by molar-refractivity contribution is 8.01. The van der Waals surface area contributed by atoms with Crippen LogP contribution >= 0.6 is 23.5 Å². The molecule has 4 saturated heterocycles. The number of rotatable bonds is 8. The summed E-state index contributed by atoms with van der Waals surface area (Å²) in [7, 11) is 0. The quantitative estimate of drug-likeness (QED) is 0.223. The Morgan fingerprint density at radius 1 is 0.260 bits per heavy atom. The van der Waals surface area contributed by atoms with E-state index in [1.165, 1.54) is 12.8 Å². The van der Waals surface area contributed by atoms with Gasteiger partial charge in [-0.05, 0) is 198 Å². The third kappa shape index (κ3) is 9.64. The van der Waals surface area contributed by atoms with Gasteiger partial charge in [0.05, 0.1) is 0 Å². The van der Waals surface area contributed by atoms with Gasteiger partial charge in [-0.25, -0.2) is 0 Å².